The first-order valence-corrected chi connectivity index (χ1v) is 5.39. The Kier molecular flexibility index (Phi) is 3.39. The lowest BCUT2D eigenvalue weighted by Crippen LogP contribution is -1.95. The van der Waals surface area contributed by atoms with E-state index in [1.165, 1.54) is 24.5 Å². The normalized spacial score (nSPS) is 9.68. The van der Waals surface area contributed by atoms with Crippen LogP contribution >= 0.6 is 0 Å². The Morgan fingerprint density at radius 3 is 2.84 bits per heavy atom. The van der Waals surface area contributed by atoms with Crippen molar-refractivity contribution in [3.05, 3.63) is 57.9 Å². The van der Waals surface area contributed by atoms with Crippen LogP contribution in [-0.2, 0) is 0 Å². The minimum Gasteiger partial charge on any atom is -0.447 e. The van der Waals surface area contributed by atoms with E-state index in [1.54, 1.807) is 19.1 Å². The minimum absolute atomic E-state index is 0.0921. The molecular formula is C13H9N3O3. The maximum Gasteiger partial charge on any atom is 0.311 e. The molecule has 0 N–H and O–H groups in total. The summed E-state index contributed by atoms with van der Waals surface area (Å²) in [5.74, 6) is 0.285. The van der Waals surface area contributed by atoms with Crippen LogP contribution in [0.4, 0.5) is 5.69 Å². The second-order valence-corrected chi connectivity index (χ2v) is 3.81. The topological polar surface area (TPSA) is 89.1 Å². The second kappa shape index (κ2) is 5.14. The number of nitro groups is 1. The number of rotatable bonds is 3. The van der Waals surface area contributed by atoms with Crippen LogP contribution in [0.1, 0.15) is 11.1 Å². The van der Waals surface area contributed by atoms with Gasteiger partial charge in [0.2, 0.25) is 5.75 Å². The van der Waals surface area contributed by atoms with E-state index in [4.69, 9.17) is 10.00 Å². The van der Waals surface area contributed by atoms with E-state index in [2.05, 4.69) is 4.98 Å². The number of nitriles is 1. The first-order valence-electron chi connectivity index (χ1n) is 5.39. The Bertz CT molecular complexity index is 677. The lowest BCUT2D eigenvalue weighted by Gasteiger charge is -2.07. The average Bonchev–Trinajstić information content (AvgIpc) is 2.39. The van der Waals surface area contributed by atoms with Crippen molar-refractivity contribution in [2.45, 2.75) is 6.92 Å². The molecule has 0 atom stereocenters. The third-order valence-electron chi connectivity index (χ3n) is 2.44. The van der Waals surface area contributed by atoms with Gasteiger partial charge in [-0.15, -0.1) is 0 Å². The number of ether oxygens (including phenoxy) is 1. The third-order valence-corrected chi connectivity index (χ3v) is 2.44. The van der Waals surface area contributed by atoms with Crippen molar-refractivity contribution in [3.8, 4) is 17.6 Å². The Hall–Kier alpha value is -2.94. The van der Waals surface area contributed by atoms with Crippen LogP contribution in [0, 0.1) is 28.4 Å². The molecule has 0 spiro atoms. The molecule has 0 bridgehead atoms. The van der Waals surface area contributed by atoms with Crippen molar-refractivity contribution in [2.75, 3.05) is 0 Å². The second-order valence-electron chi connectivity index (χ2n) is 3.81. The minimum atomic E-state index is -0.531. The van der Waals surface area contributed by atoms with Crippen molar-refractivity contribution in [2.24, 2.45) is 0 Å². The fourth-order valence-corrected chi connectivity index (χ4v) is 1.53. The third kappa shape index (κ3) is 2.66. The molecule has 0 aliphatic carbocycles. The van der Waals surface area contributed by atoms with Gasteiger partial charge in [0.05, 0.1) is 16.7 Å². The van der Waals surface area contributed by atoms with Crippen LogP contribution in [0.2, 0.25) is 0 Å². The summed E-state index contributed by atoms with van der Waals surface area (Å²) in [7, 11) is 0. The molecule has 94 valence electrons. The maximum absolute atomic E-state index is 10.9. The molecule has 0 radical (unpaired) electrons. The molecule has 0 fully saturated rings. The molecule has 1 heterocycles. The average molecular weight is 255 g/mol. The summed E-state index contributed by atoms with van der Waals surface area (Å²) >= 11 is 0. The van der Waals surface area contributed by atoms with Gasteiger partial charge < -0.3 is 4.74 Å². The van der Waals surface area contributed by atoms with Gasteiger partial charge in [-0.1, -0.05) is 6.07 Å². The van der Waals surface area contributed by atoms with Gasteiger partial charge in [-0.2, -0.15) is 5.26 Å². The number of nitrogens with zero attached hydrogens (tertiary/aromatic N) is 3. The zero-order valence-corrected chi connectivity index (χ0v) is 10.0. The van der Waals surface area contributed by atoms with Gasteiger partial charge in [-0.3, -0.25) is 15.1 Å². The molecule has 0 aliphatic rings. The van der Waals surface area contributed by atoms with Crippen LogP contribution in [-0.4, -0.2) is 9.91 Å². The molecule has 6 nitrogen and oxygen atoms in total. The van der Waals surface area contributed by atoms with Gasteiger partial charge in [0.15, 0.2) is 5.75 Å². The number of aromatic nitrogens is 1. The van der Waals surface area contributed by atoms with Crippen molar-refractivity contribution >= 4 is 5.69 Å². The standard InChI is InChI=1S/C13H9N3O3/c1-9-2-3-11(16(17)18)12(6-9)19-13-8-15-5-4-10(13)7-14/h2-6,8H,1H3. The highest BCUT2D eigenvalue weighted by Gasteiger charge is 2.17. The molecule has 2 aromatic rings. The number of hydrogen-bond donors (Lipinski definition) is 0. The molecule has 0 saturated carbocycles. The van der Waals surface area contributed by atoms with Gasteiger partial charge in [0.1, 0.15) is 6.07 Å². The molecule has 2 rings (SSSR count). The van der Waals surface area contributed by atoms with Crippen molar-refractivity contribution in [1.29, 1.82) is 5.26 Å². The largest absolute Gasteiger partial charge is 0.447 e. The quantitative estimate of drug-likeness (QED) is 0.621. The number of nitro benzene ring substituents is 1. The summed E-state index contributed by atoms with van der Waals surface area (Å²) in [6.07, 6.45) is 2.81. The van der Waals surface area contributed by atoms with E-state index < -0.39 is 4.92 Å². The van der Waals surface area contributed by atoms with E-state index in [0.29, 0.717) is 0 Å². The molecule has 0 saturated heterocycles. The molecule has 19 heavy (non-hydrogen) atoms. The van der Waals surface area contributed by atoms with Crippen LogP contribution in [0.5, 0.6) is 11.5 Å². The van der Waals surface area contributed by atoms with E-state index in [1.807, 2.05) is 6.07 Å². The van der Waals surface area contributed by atoms with Crippen LogP contribution in [0.25, 0.3) is 0 Å². The molecule has 1 aromatic heterocycles. The lowest BCUT2D eigenvalue weighted by molar-refractivity contribution is -0.385. The highest BCUT2D eigenvalue weighted by Crippen LogP contribution is 2.32. The summed E-state index contributed by atoms with van der Waals surface area (Å²) in [5, 5.41) is 19.9. The lowest BCUT2D eigenvalue weighted by atomic mass is 10.2. The molecule has 0 amide bonds. The summed E-state index contributed by atoms with van der Waals surface area (Å²) < 4.78 is 5.45. The summed E-state index contributed by atoms with van der Waals surface area (Å²) in [6, 6.07) is 7.97. The Morgan fingerprint density at radius 1 is 1.37 bits per heavy atom. The summed E-state index contributed by atoms with van der Waals surface area (Å²) in [4.78, 5) is 14.2. The van der Waals surface area contributed by atoms with Crippen molar-refractivity contribution in [1.82, 2.24) is 4.98 Å². The van der Waals surface area contributed by atoms with Gasteiger partial charge >= 0.3 is 5.69 Å². The number of benzene rings is 1. The number of hydrogen-bond acceptors (Lipinski definition) is 5. The van der Waals surface area contributed by atoms with E-state index in [-0.39, 0.29) is 22.7 Å². The van der Waals surface area contributed by atoms with Gasteiger partial charge in [0, 0.05) is 12.3 Å². The first-order chi connectivity index (χ1) is 9.11. The van der Waals surface area contributed by atoms with Crippen LogP contribution in [0.3, 0.4) is 0 Å². The number of aryl methyl sites for hydroxylation is 1. The Morgan fingerprint density at radius 2 is 2.16 bits per heavy atom. The highest BCUT2D eigenvalue weighted by atomic mass is 16.6. The molecule has 0 unspecified atom stereocenters. The van der Waals surface area contributed by atoms with Crippen molar-refractivity contribution in [3.63, 3.8) is 0 Å². The molecular weight excluding hydrogens is 246 g/mol. The summed E-state index contributed by atoms with van der Waals surface area (Å²) in [6.45, 7) is 1.80. The maximum atomic E-state index is 10.9. The van der Waals surface area contributed by atoms with E-state index >= 15 is 0 Å². The van der Waals surface area contributed by atoms with Crippen molar-refractivity contribution < 1.29 is 9.66 Å². The van der Waals surface area contributed by atoms with Gasteiger partial charge in [-0.05, 0) is 24.6 Å². The zero-order chi connectivity index (χ0) is 13.8. The smallest absolute Gasteiger partial charge is 0.311 e. The summed E-state index contributed by atoms with van der Waals surface area (Å²) in [5.41, 5.74) is 0.937. The fourth-order valence-electron chi connectivity index (χ4n) is 1.53. The predicted molar refractivity (Wildman–Crippen MR) is 66.9 cm³/mol. The predicted octanol–water partition coefficient (Wildman–Crippen LogP) is 2.96. The van der Waals surface area contributed by atoms with Gasteiger partial charge in [0.25, 0.3) is 0 Å². The van der Waals surface area contributed by atoms with Crippen LogP contribution in [0.15, 0.2) is 36.7 Å². The Balaban J connectivity index is 2.46. The molecule has 6 heteroatoms. The highest BCUT2D eigenvalue weighted by molar-refractivity contribution is 5.52. The zero-order valence-electron chi connectivity index (χ0n) is 10.0. The van der Waals surface area contributed by atoms with E-state index in [0.717, 1.165) is 5.56 Å². The van der Waals surface area contributed by atoms with Gasteiger partial charge in [-0.25, -0.2) is 0 Å². The molecule has 1 aromatic carbocycles. The fraction of sp³-hybridized carbons (Fsp3) is 0.0769. The number of pyridine rings is 1. The van der Waals surface area contributed by atoms with E-state index in [9.17, 15) is 10.1 Å². The van der Waals surface area contributed by atoms with Crippen LogP contribution < -0.4 is 4.74 Å². The SMILES string of the molecule is Cc1ccc([N+](=O)[O-])c(Oc2cnccc2C#N)c1. The Labute approximate surface area is 109 Å². The monoisotopic (exact) mass is 255 g/mol. The first kappa shape index (κ1) is 12.5. The molecule has 0 aliphatic heterocycles.